The summed E-state index contributed by atoms with van der Waals surface area (Å²) in [5.74, 6) is 0. The van der Waals surface area contributed by atoms with Crippen molar-refractivity contribution in [3.05, 3.63) is 59.6 Å². The number of ether oxygens (including phenoxy) is 1. The summed E-state index contributed by atoms with van der Waals surface area (Å²) in [6.07, 6.45) is 5.47. The van der Waals surface area contributed by atoms with Crippen molar-refractivity contribution in [2.75, 3.05) is 6.54 Å². The van der Waals surface area contributed by atoms with Gasteiger partial charge in [0.2, 0.25) is 0 Å². The van der Waals surface area contributed by atoms with E-state index >= 15 is 0 Å². The van der Waals surface area contributed by atoms with Crippen LogP contribution in [0.15, 0.2) is 54.0 Å². The van der Waals surface area contributed by atoms with Gasteiger partial charge in [0.1, 0.15) is 6.61 Å². The van der Waals surface area contributed by atoms with E-state index in [1.165, 1.54) is 0 Å². The first kappa shape index (κ1) is 16.3. The highest BCUT2D eigenvalue weighted by Gasteiger charge is 2.26. The van der Waals surface area contributed by atoms with E-state index in [-0.39, 0.29) is 12.0 Å². The van der Waals surface area contributed by atoms with E-state index < -0.39 is 13.2 Å². The molecule has 116 valence electrons. The van der Waals surface area contributed by atoms with Gasteiger partial charge in [-0.1, -0.05) is 55.5 Å². The number of alkyl carbamates (subject to hydrolysis) is 1. The number of amides is 1. The van der Waals surface area contributed by atoms with Crippen LogP contribution in [0.1, 0.15) is 18.9 Å². The number of carbonyl (C=O) groups excluding carboxylic acids is 1. The lowest BCUT2D eigenvalue weighted by Crippen LogP contribution is -2.36. The fraction of sp³-hybridized carbons (Fsp3) is 0.312. The molecule has 1 amide bonds. The highest BCUT2D eigenvalue weighted by molar-refractivity contribution is 6.51. The number of hydrogen-bond donors (Lipinski definition) is 3. The second kappa shape index (κ2) is 7.29. The maximum atomic E-state index is 11.7. The van der Waals surface area contributed by atoms with Crippen LogP contribution in [0, 0.1) is 5.41 Å². The van der Waals surface area contributed by atoms with E-state index in [0.717, 1.165) is 5.56 Å². The minimum Gasteiger partial charge on any atom is -0.445 e. The molecule has 0 spiro atoms. The van der Waals surface area contributed by atoms with E-state index in [1.54, 1.807) is 12.2 Å². The zero-order valence-electron chi connectivity index (χ0n) is 12.5. The lowest BCUT2D eigenvalue weighted by molar-refractivity contribution is 0.136. The molecule has 6 heteroatoms. The van der Waals surface area contributed by atoms with Crippen molar-refractivity contribution in [1.82, 2.24) is 5.32 Å². The third-order valence-corrected chi connectivity index (χ3v) is 3.63. The minimum absolute atomic E-state index is 0.236. The SMILES string of the molecule is CC1(CNC(=O)OCc2ccccc2)C=CC(B(O)O)=CC1. The molecule has 2 rings (SSSR count). The molecule has 1 unspecified atom stereocenters. The summed E-state index contributed by atoms with van der Waals surface area (Å²) < 4.78 is 5.15. The standard InChI is InChI=1S/C16H20BNO4/c1-16(9-7-14(8-10-16)17(20)21)12-18-15(19)22-11-13-5-3-2-4-6-13/h2-9,20-21H,10-12H2,1H3,(H,18,19). The van der Waals surface area contributed by atoms with Crippen LogP contribution in [-0.2, 0) is 11.3 Å². The monoisotopic (exact) mass is 301 g/mol. The van der Waals surface area contributed by atoms with Crippen LogP contribution < -0.4 is 5.32 Å². The van der Waals surface area contributed by atoms with Gasteiger partial charge in [0.15, 0.2) is 0 Å². The number of allylic oxidation sites excluding steroid dienone is 3. The molecule has 0 radical (unpaired) electrons. The van der Waals surface area contributed by atoms with Crippen molar-refractivity contribution < 1.29 is 19.6 Å². The third-order valence-electron chi connectivity index (χ3n) is 3.63. The van der Waals surface area contributed by atoms with Crippen LogP contribution in [0.25, 0.3) is 0 Å². The van der Waals surface area contributed by atoms with E-state index in [4.69, 9.17) is 14.8 Å². The van der Waals surface area contributed by atoms with Crippen LogP contribution in [0.2, 0.25) is 0 Å². The molecular weight excluding hydrogens is 281 g/mol. The Balaban J connectivity index is 1.76. The number of nitrogens with one attached hydrogen (secondary N) is 1. The zero-order valence-corrected chi connectivity index (χ0v) is 12.5. The molecule has 1 aliphatic carbocycles. The van der Waals surface area contributed by atoms with E-state index in [2.05, 4.69) is 5.32 Å². The van der Waals surface area contributed by atoms with E-state index in [1.807, 2.05) is 43.3 Å². The molecule has 0 heterocycles. The molecule has 3 N–H and O–H groups in total. The average molecular weight is 301 g/mol. The summed E-state index contributed by atoms with van der Waals surface area (Å²) in [5, 5.41) is 20.9. The Morgan fingerprint density at radius 3 is 2.68 bits per heavy atom. The van der Waals surface area contributed by atoms with Crippen molar-refractivity contribution >= 4 is 13.2 Å². The first-order valence-electron chi connectivity index (χ1n) is 7.18. The van der Waals surface area contributed by atoms with Crippen LogP contribution in [-0.4, -0.2) is 29.8 Å². The van der Waals surface area contributed by atoms with Crippen LogP contribution in [0.4, 0.5) is 4.79 Å². The average Bonchev–Trinajstić information content (AvgIpc) is 2.52. The molecule has 5 nitrogen and oxygen atoms in total. The van der Waals surface area contributed by atoms with E-state index in [0.29, 0.717) is 18.4 Å². The number of hydrogen-bond acceptors (Lipinski definition) is 4. The number of rotatable bonds is 5. The van der Waals surface area contributed by atoms with Gasteiger partial charge in [-0.3, -0.25) is 0 Å². The largest absolute Gasteiger partial charge is 0.488 e. The highest BCUT2D eigenvalue weighted by atomic mass is 16.5. The molecule has 22 heavy (non-hydrogen) atoms. The van der Waals surface area contributed by atoms with Gasteiger partial charge in [-0.05, 0) is 17.5 Å². The Morgan fingerprint density at radius 1 is 1.36 bits per heavy atom. The number of carbonyl (C=O) groups is 1. The van der Waals surface area contributed by atoms with Gasteiger partial charge in [0.25, 0.3) is 0 Å². The lowest BCUT2D eigenvalue weighted by Gasteiger charge is -2.28. The zero-order chi connectivity index (χ0) is 16.0. The quantitative estimate of drug-likeness (QED) is 0.725. The summed E-state index contributed by atoms with van der Waals surface area (Å²) in [4.78, 5) is 11.7. The normalized spacial score (nSPS) is 20.2. The summed E-state index contributed by atoms with van der Waals surface area (Å²) in [6.45, 7) is 2.64. The molecule has 1 atom stereocenters. The molecule has 0 aromatic heterocycles. The predicted molar refractivity (Wildman–Crippen MR) is 84.8 cm³/mol. The minimum atomic E-state index is -1.45. The third kappa shape index (κ3) is 4.75. The Morgan fingerprint density at radius 2 is 2.09 bits per heavy atom. The van der Waals surface area contributed by atoms with Crippen molar-refractivity contribution in [1.29, 1.82) is 0 Å². The predicted octanol–water partition coefficient (Wildman–Crippen LogP) is 1.82. The first-order valence-corrected chi connectivity index (χ1v) is 7.18. The second-order valence-corrected chi connectivity index (χ2v) is 5.68. The fourth-order valence-corrected chi connectivity index (χ4v) is 2.16. The Bertz CT molecular complexity index is 571. The molecule has 0 bridgehead atoms. The second-order valence-electron chi connectivity index (χ2n) is 5.68. The maximum Gasteiger partial charge on any atom is 0.488 e. The molecule has 0 fully saturated rings. The molecular formula is C16H20BNO4. The lowest BCUT2D eigenvalue weighted by atomic mass is 9.71. The Kier molecular flexibility index (Phi) is 5.41. The van der Waals surface area contributed by atoms with Gasteiger partial charge in [-0.15, -0.1) is 0 Å². The highest BCUT2D eigenvalue weighted by Crippen LogP contribution is 2.28. The van der Waals surface area contributed by atoms with Gasteiger partial charge in [0, 0.05) is 12.0 Å². The van der Waals surface area contributed by atoms with Crippen molar-refractivity contribution in [3.8, 4) is 0 Å². The van der Waals surface area contributed by atoms with Gasteiger partial charge < -0.3 is 20.1 Å². The van der Waals surface area contributed by atoms with Gasteiger partial charge in [-0.2, -0.15) is 0 Å². The van der Waals surface area contributed by atoms with Crippen molar-refractivity contribution in [2.24, 2.45) is 5.41 Å². The van der Waals surface area contributed by atoms with Crippen LogP contribution in [0.3, 0.4) is 0 Å². The molecule has 0 aliphatic heterocycles. The molecule has 1 aliphatic rings. The maximum absolute atomic E-state index is 11.7. The van der Waals surface area contributed by atoms with Crippen LogP contribution in [0.5, 0.6) is 0 Å². The Hall–Kier alpha value is -2.05. The molecule has 0 saturated carbocycles. The summed E-state index contributed by atoms with van der Waals surface area (Å²) >= 11 is 0. The van der Waals surface area contributed by atoms with Gasteiger partial charge in [-0.25, -0.2) is 4.79 Å². The fourth-order valence-electron chi connectivity index (χ4n) is 2.16. The van der Waals surface area contributed by atoms with E-state index in [9.17, 15) is 4.79 Å². The van der Waals surface area contributed by atoms with Crippen molar-refractivity contribution in [3.63, 3.8) is 0 Å². The van der Waals surface area contributed by atoms with Gasteiger partial charge >= 0.3 is 13.2 Å². The summed E-state index contributed by atoms with van der Waals surface area (Å²) in [6, 6.07) is 9.48. The first-order chi connectivity index (χ1) is 10.5. The molecule has 0 saturated heterocycles. The Labute approximate surface area is 130 Å². The summed E-state index contributed by atoms with van der Waals surface area (Å²) in [7, 11) is -1.45. The van der Waals surface area contributed by atoms with Gasteiger partial charge in [0.05, 0.1) is 0 Å². The smallest absolute Gasteiger partial charge is 0.445 e. The molecule has 1 aromatic carbocycles. The van der Waals surface area contributed by atoms with Crippen molar-refractivity contribution in [2.45, 2.75) is 20.0 Å². The topological polar surface area (TPSA) is 78.8 Å². The van der Waals surface area contributed by atoms with Crippen LogP contribution >= 0.6 is 0 Å². The molecule has 1 aromatic rings. The number of benzene rings is 1. The summed E-state index contributed by atoms with van der Waals surface area (Å²) in [5.41, 5.74) is 1.15.